The molecule has 0 radical (unpaired) electrons. The molecule has 3 unspecified atom stereocenters. The molecule has 1 aromatic heterocycles. The van der Waals surface area contributed by atoms with E-state index in [9.17, 15) is 8.42 Å². The molecule has 1 aromatic carbocycles. The lowest BCUT2D eigenvalue weighted by atomic mass is 10.2. The van der Waals surface area contributed by atoms with Crippen molar-refractivity contribution in [2.24, 2.45) is 0 Å². The summed E-state index contributed by atoms with van der Waals surface area (Å²) in [4.78, 5) is 7.20. The Hall–Kier alpha value is -1.73. The average Bonchev–Trinajstić information content (AvgIpc) is 3.13. The fraction of sp³-hybridized carbons (Fsp3) is 0.529. The van der Waals surface area contributed by atoms with E-state index >= 15 is 0 Å². The first kappa shape index (κ1) is 17.1. The molecule has 0 aliphatic carbocycles. The SMILES string of the molecule is CC1CCC(C)N1C(C)c1nc(-c2ccc(S(C)(=O)=O)cc2)no1. The van der Waals surface area contributed by atoms with Gasteiger partial charge in [0.15, 0.2) is 9.84 Å². The zero-order chi connectivity index (χ0) is 17.5. The van der Waals surface area contributed by atoms with Crippen molar-refractivity contribution in [1.82, 2.24) is 15.0 Å². The van der Waals surface area contributed by atoms with Gasteiger partial charge in [0, 0.05) is 23.9 Å². The van der Waals surface area contributed by atoms with Crippen LogP contribution in [0.3, 0.4) is 0 Å². The second kappa shape index (κ2) is 6.29. The van der Waals surface area contributed by atoms with Crippen LogP contribution in [0.15, 0.2) is 33.7 Å². The van der Waals surface area contributed by atoms with Crippen LogP contribution in [0.4, 0.5) is 0 Å². The van der Waals surface area contributed by atoms with Crippen LogP contribution in [0, 0.1) is 0 Å². The first-order chi connectivity index (χ1) is 11.3. The molecule has 7 heteroatoms. The van der Waals surface area contributed by atoms with E-state index < -0.39 is 9.84 Å². The summed E-state index contributed by atoms with van der Waals surface area (Å²) >= 11 is 0. The lowest BCUT2D eigenvalue weighted by Crippen LogP contribution is -2.35. The third-order valence-electron chi connectivity index (χ3n) is 4.81. The van der Waals surface area contributed by atoms with Crippen LogP contribution in [-0.4, -0.2) is 41.8 Å². The van der Waals surface area contributed by atoms with Crippen LogP contribution in [0.25, 0.3) is 11.4 Å². The summed E-state index contributed by atoms with van der Waals surface area (Å²) in [6, 6.07) is 7.60. The van der Waals surface area contributed by atoms with Crippen LogP contribution in [0.1, 0.15) is 45.5 Å². The molecule has 2 heterocycles. The fourth-order valence-electron chi connectivity index (χ4n) is 3.48. The van der Waals surface area contributed by atoms with E-state index in [0.29, 0.717) is 23.8 Å². The normalized spacial score (nSPS) is 23.5. The number of hydrogen-bond acceptors (Lipinski definition) is 6. The number of nitrogens with zero attached hydrogens (tertiary/aromatic N) is 3. The van der Waals surface area contributed by atoms with Crippen molar-refractivity contribution >= 4 is 9.84 Å². The Morgan fingerprint density at radius 1 is 1.17 bits per heavy atom. The maximum Gasteiger partial charge on any atom is 0.244 e. The molecule has 1 saturated heterocycles. The molecule has 6 nitrogen and oxygen atoms in total. The van der Waals surface area contributed by atoms with Gasteiger partial charge < -0.3 is 4.52 Å². The van der Waals surface area contributed by atoms with Gasteiger partial charge in [0.05, 0.1) is 10.9 Å². The fourth-order valence-corrected chi connectivity index (χ4v) is 4.11. The van der Waals surface area contributed by atoms with E-state index in [1.165, 1.54) is 19.1 Å². The summed E-state index contributed by atoms with van der Waals surface area (Å²) in [6.45, 7) is 6.53. The number of hydrogen-bond donors (Lipinski definition) is 0. The molecule has 130 valence electrons. The van der Waals surface area contributed by atoms with Gasteiger partial charge in [-0.3, -0.25) is 4.90 Å². The Morgan fingerprint density at radius 2 is 1.75 bits per heavy atom. The van der Waals surface area contributed by atoms with Crippen LogP contribution in [-0.2, 0) is 9.84 Å². The van der Waals surface area contributed by atoms with Gasteiger partial charge in [-0.1, -0.05) is 5.16 Å². The number of likely N-dealkylation sites (tertiary alicyclic amines) is 1. The van der Waals surface area contributed by atoms with Gasteiger partial charge in [-0.2, -0.15) is 4.98 Å². The topological polar surface area (TPSA) is 76.3 Å². The molecular weight excluding hydrogens is 326 g/mol. The maximum atomic E-state index is 11.5. The number of rotatable bonds is 4. The van der Waals surface area contributed by atoms with Crippen molar-refractivity contribution in [3.8, 4) is 11.4 Å². The van der Waals surface area contributed by atoms with E-state index in [1.54, 1.807) is 24.3 Å². The summed E-state index contributed by atoms with van der Waals surface area (Å²) in [7, 11) is -3.20. The van der Waals surface area contributed by atoms with Crippen LogP contribution in [0.2, 0.25) is 0 Å². The molecule has 0 N–H and O–H groups in total. The molecule has 24 heavy (non-hydrogen) atoms. The minimum Gasteiger partial charge on any atom is -0.337 e. The van der Waals surface area contributed by atoms with Crippen molar-refractivity contribution in [2.45, 2.75) is 56.6 Å². The van der Waals surface area contributed by atoms with Crippen LogP contribution < -0.4 is 0 Å². The standard InChI is InChI=1S/C17H23N3O3S/c1-11-5-6-12(2)20(11)13(3)17-18-16(19-23-17)14-7-9-15(10-8-14)24(4,21)22/h7-13H,5-6H2,1-4H3. The number of sulfone groups is 1. The quantitative estimate of drug-likeness (QED) is 0.844. The van der Waals surface area contributed by atoms with E-state index in [0.717, 1.165) is 5.56 Å². The molecular formula is C17H23N3O3S. The van der Waals surface area contributed by atoms with Gasteiger partial charge in [-0.15, -0.1) is 0 Å². The minimum atomic E-state index is -3.20. The first-order valence-corrected chi connectivity index (χ1v) is 10.1. The highest BCUT2D eigenvalue weighted by atomic mass is 32.2. The lowest BCUT2D eigenvalue weighted by Gasteiger charge is -2.30. The smallest absolute Gasteiger partial charge is 0.244 e. The predicted molar refractivity (Wildman–Crippen MR) is 91.3 cm³/mol. The van der Waals surface area contributed by atoms with Crippen molar-refractivity contribution in [2.75, 3.05) is 6.26 Å². The molecule has 3 atom stereocenters. The second-order valence-corrected chi connectivity index (χ2v) is 8.67. The van der Waals surface area contributed by atoms with Gasteiger partial charge >= 0.3 is 0 Å². The third-order valence-corrected chi connectivity index (χ3v) is 5.94. The van der Waals surface area contributed by atoms with Crippen molar-refractivity contribution in [1.29, 1.82) is 0 Å². The van der Waals surface area contributed by atoms with E-state index in [1.807, 2.05) is 0 Å². The van der Waals surface area contributed by atoms with E-state index in [-0.39, 0.29) is 10.9 Å². The second-order valence-electron chi connectivity index (χ2n) is 6.65. The summed E-state index contributed by atoms with van der Waals surface area (Å²) in [6.07, 6.45) is 3.55. The highest BCUT2D eigenvalue weighted by Gasteiger charge is 2.34. The summed E-state index contributed by atoms with van der Waals surface area (Å²) < 4.78 is 28.5. The van der Waals surface area contributed by atoms with Crippen molar-refractivity contribution in [3.63, 3.8) is 0 Å². The average molecular weight is 349 g/mol. The van der Waals surface area contributed by atoms with Crippen LogP contribution in [0.5, 0.6) is 0 Å². The number of aromatic nitrogens is 2. The Bertz CT molecular complexity index is 804. The summed E-state index contributed by atoms with van der Waals surface area (Å²) in [5, 5.41) is 4.06. The number of benzene rings is 1. The van der Waals surface area contributed by atoms with Crippen molar-refractivity contribution < 1.29 is 12.9 Å². The van der Waals surface area contributed by atoms with Gasteiger partial charge in [0.1, 0.15) is 0 Å². The monoisotopic (exact) mass is 349 g/mol. The maximum absolute atomic E-state index is 11.5. The summed E-state index contributed by atoms with van der Waals surface area (Å²) in [5.41, 5.74) is 0.743. The molecule has 1 aliphatic rings. The molecule has 0 bridgehead atoms. The Balaban J connectivity index is 1.83. The van der Waals surface area contributed by atoms with Crippen LogP contribution >= 0.6 is 0 Å². The largest absolute Gasteiger partial charge is 0.337 e. The van der Waals surface area contributed by atoms with E-state index in [2.05, 4.69) is 35.8 Å². The summed E-state index contributed by atoms with van der Waals surface area (Å²) in [5.74, 6) is 1.08. The lowest BCUT2D eigenvalue weighted by molar-refractivity contribution is 0.128. The first-order valence-electron chi connectivity index (χ1n) is 8.19. The van der Waals surface area contributed by atoms with Gasteiger partial charge in [-0.05, 0) is 57.9 Å². The zero-order valence-corrected chi connectivity index (χ0v) is 15.2. The van der Waals surface area contributed by atoms with Gasteiger partial charge in [-0.25, -0.2) is 8.42 Å². The molecule has 0 saturated carbocycles. The van der Waals surface area contributed by atoms with Gasteiger partial charge in [0.25, 0.3) is 0 Å². The Morgan fingerprint density at radius 3 is 2.29 bits per heavy atom. The molecule has 0 spiro atoms. The predicted octanol–water partition coefficient (Wildman–Crippen LogP) is 3.07. The third kappa shape index (κ3) is 3.23. The van der Waals surface area contributed by atoms with E-state index in [4.69, 9.17) is 4.52 Å². The minimum absolute atomic E-state index is 0.0639. The zero-order valence-electron chi connectivity index (χ0n) is 14.4. The van der Waals surface area contributed by atoms with Crippen molar-refractivity contribution in [3.05, 3.63) is 30.2 Å². The Labute approximate surface area is 142 Å². The highest BCUT2D eigenvalue weighted by molar-refractivity contribution is 7.90. The molecule has 2 aromatic rings. The molecule has 1 aliphatic heterocycles. The Kier molecular flexibility index (Phi) is 4.48. The molecule has 3 rings (SSSR count). The molecule has 1 fully saturated rings. The highest BCUT2D eigenvalue weighted by Crippen LogP contribution is 2.33. The molecule has 0 amide bonds. The van der Waals surface area contributed by atoms with Gasteiger partial charge in [0.2, 0.25) is 11.7 Å².